The van der Waals surface area contributed by atoms with Crippen LogP contribution in [0.5, 0.6) is 0 Å². The topological polar surface area (TPSA) is 69.6 Å². The molecule has 0 radical (unpaired) electrons. The molecule has 1 aromatic carbocycles. The molecule has 0 aromatic heterocycles. The van der Waals surface area contributed by atoms with Crippen LogP contribution in [0, 0.1) is 0 Å². The summed E-state index contributed by atoms with van der Waals surface area (Å²) in [5, 5.41) is 12.4. The van der Waals surface area contributed by atoms with E-state index in [9.17, 15) is 14.7 Å². The van der Waals surface area contributed by atoms with Gasteiger partial charge in [-0.05, 0) is 25.3 Å². The maximum Gasteiger partial charge on any atom is 0.317 e. The number of carbonyl (C=O) groups is 2. The van der Waals surface area contributed by atoms with Crippen LogP contribution in [0.1, 0.15) is 25.3 Å². The predicted molar refractivity (Wildman–Crippen MR) is 75.6 cm³/mol. The molecule has 1 aliphatic heterocycles. The number of nitrogens with zero attached hydrogens (tertiary/aromatic N) is 1. The van der Waals surface area contributed by atoms with Gasteiger partial charge in [-0.1, -0.05) is 30.3 Å². The number of piperidine rings is 1. The van der Waals surface area contributed by atoms with Crippen molar-refractivity contribution in [1.82, 2.24) is 10.2 Å². The molecule has 0 saturated carbocycles. The Hall–Kier alpha value is -2.04. The van der Waals surface area contributed by atoms with Gasteiger partial charge in [0.1, 0.15) is 0 Å². The Morgan fingerprint density at radius 3 is 2.35 bits per heavy atom. The normalized spacial score (nSPS) is 17.6. The lowest BCUT2D eigenvalue weighted by Gasteiger charge is -2.39. The highest BCUT2D eigenvalue weighted by Gasteiger charge is 2.43. The fourth-order valence-corrected chi connectivity index (χ4v) is 2.74. The molecule has 5 heteroatoms. The molecule has 1 saturated heterocycles. The number of nitrogens with one attached hydrogen (secondary N) is 1. The summed E-state index contributed by atoms with van der Waals surface area (Å²) in [6, 6.07) is 9.20. The summed E-state index contributed by atoms with van der Waals surface area (Å²) in [5.74, 6) is -0.806. The fraction of sp³-hybridized carbons (Fsp3) is 0.467. The third-order valence-corrected chi connectivity index (χ3v) is 3.97. The van der Waals surface area contributed by atoms with Crippen molar-refractivity contribution in [2.75, 3.05) is 19.6 Å². The molecule has 108 valence electrons. The third-order valence-electron chi connectivity index (χ3n) is 3.97. The number of likely N-dealkylation sites (tertiary alicyclic amines) is 1. The predicted octanol–water partition coefficient (Wildman–Crippen LogP) is 1.83. The van der Waals surface area contributed by atoms with Gasteiger partial charge in [0.05, 0.1) is 5.41 Å². The largest absolute Gasteiger partial charge is 0.481 e. The number of hydrogen-bond donors (Lipinski definition) is 2. The molecular weight excluding hydrogens is 256 g/mol. The highest BCUT2D eigenvalue weighted by atomic mass is 16.4. The zero-order valence-electron chi connectivity index (χ0n) is 11.6. The van der Waals surface area contributed by atoms with E-state index < -0.39 is 11.4 Å². The van der Waals surface area contributed by atoms with Crippen molar-refractivity contribution in [2.24, 2.45) is 0 Å². The van der Waals surface area contributed by atoms with E-state index in [1.165, 1.54) is 0 Å². The van der Waals surface area contributed by atoms with E-state index in [0.717, 1.165) is 5.56 Å². The number of urea groups is 1. The van der Waals surface area contributed by atoms with E-state index >= 15 is 0 Å². The first-order valence-electron chi connectivity index (χ1n) is 6.92. The molecule has 1 heterocycles. The van der Waals surface area contributed by atoms with E-state index in [2.05, 4.69) is 5.32 Å². The Kier molecular flexibility index (Phi) is 4.27. The first-order chi connectivity index (χ1) is 9.60. The zero-order valence-corrected chi connectivity index (χ0v) is 11.6. The number of aliphatic carboxylic acids is 1. The zero-order chi connectivity index (χ0) is 14.6. The molecule has 2 N–H and O–H groups in total. The number of amides is 2. The van der Waals surface area contributed by atoms with Crippen LogP contribution in [0.2, 0.25) is 0 Å². The molecule has 0 spiro atoms. The van der Waals surface area contributed by atoms with Crippen LogP contribution in [0.15, 0.2) is 30.3 Å². The second-order valence-electron chi connectivity index (χ2n) is 5.08. The Morgan fingerprint density at radius 1 is 1.25 bits per heavy atom. The van der Waals surface area contributed by atoms with Gasteiger partial charge in [0.25, 0.3) is 0 Å². The van der Waals surface area contributed by atoms with Gasteiger partial charge < -0.3 is 15.3 Å². The second-order valence-corrected chi connectivity index (χ2v) is 5.08. The molecule has 5 nitrogen and oxygen atoms in total. The summed E-state index contributed by atoms with van der Waals surface area (Å²) in [6.45, 7) is 3.38. The number of benzene rings is 1. The maximum atomic E-state index is 11.8. The van der Waals surface area contributed by atoms with Crippen LogP contribution in [-0.2, 0) is 10.2 Å². The van der Waals surface area contributed by atoms with Crippen LogP contribution in [0.4, 0.5) is 4.79 Å². The average molecular weight is 276 g/mol. The SMILES string of the molecule is CCNC(=O)N1CCC(C(=O)O)(c2ccccc2)CC1. The van der Waals surface area contributed by atoms with Gasteiger partial charge in [0, 0.05) is 19.6 Å². The van der Waals surface area contributed by atoms with Crippen molar-refractivity contribution in [1.29, 1.82) is 0 Å². The first kappa shape index (κ1) is 14.4. The quantitative estimate of drug-likeness (QED) is 0.885. The van der Waals surface area contributed by atoms with Crippen LogP contribution >= 0.6 is 0 Å². The minimum atomic E-state index is -0.871. The number of carboxylic acid groups (broad SMARTS) is 1. The van der Waals surface area contributed by atoms with Gasteiger partial charge in [0.2, 0.25) is 0 Å². The van der Waals surface area contributed by atoms with Gasteiger partial charge in [-0.2, -0.15) is 0 Å². The van der Waals surface area contributed by atoms with E-state index in [-0.39, 0.29) is 6.03 Å². The van der Waals surface area contributed by atoms with E-state index in [1.54, 1.807) is 4.90 Å². The Bertz CT molecular complexity index is 479. The Labute approximate surface area is 118 Å². The van der Waals surface area contributed by atoms with Crippen molar-refractivity contribution < 1.29 is 14.7 Å². The molecular formula is C15H20N2O3. The average Bonchev–Trinajstić information content (AvgIpc) is 2.48. The number of hydrogen-bond acceptors (Lipinski definition) is 2. The molecule has 0 bridgehead atoms. The van der Waals surface area contributed by atoms with Crippen molar-refractivity contribution in [3.8, 4) is 0 Å². The molecule has 2 rings (SSSR count). The minimum Gasteiger partial charge on any atom is -0.481 e. The number of carbonyl (C=O) groups excluding carboxylic acids is 1. The van der Waals surface area contributed by atoms with Gasteiger partial charge >= 0.3 is 12.0 Å². The molecule has 1 aliphatic rings. The highest BCUT2D eigenvalue weighted by Crippen LogP contribution is 2.35. The Morgan fingerprint density at radius 2 is 1.85 bits per heavy atom. The summed E-state index contributed by atoms with van der Waals surface area (Å²) in [7, 11) is 0. The van der Waals surface area contributed by atoms with Gasteiger partial charge in [-0.3, -0.25) is 4.79 Å². The van der Waals surface area contributed by atoms with E-state index in [0.29, 0.717) is 32.5 Å². The van der Waals surface area contributed by atoms with Gasteiger partial charge in [-0.25, -0.2) is 4.79 Å². The Balaban J connectivity index is 2.15. The summed E-state index contributed by atoms with van der Waals surface area (Å²) in [6.07, 6.45) is 0.896. The molecule has 2 amide bonds. The summed E-state index contributed by atoms with van der Waals surface area (Å²) >= 11 is 0. The monoisotopic (exact) mass is 276 g/mol. The summed E-state index contributed by atoms with van der Waals surface area (Å²) in [4.78, 5) is 25.2. The number of rotatable bonds is 3. The standard InChI is InChI=1S/C15H20N2O3/c1-2-16-14(20)17-10-8-15(9-11-17,13(18)19)12-6-4-3-5-7-12/h3-7H,2,8-11H2,1H3,(H,16,20)(H,18,19). The number of carboxylic acids is 1. The minimum absolute atomic E-state index is 0.112. The second kappa shape index (κ2) is 5.94. The van der Waals surface area contributed by atoms with Crippen LogP contribution in [-0.4, -0.2) is 41.6 Å². The highest BCUT2D eigenvalue weighted by molar-refractivity contribution is 5.82. The lowest BCUT2D eigenvalue weighted by atomic mass is 9.73. The van der Waals surface area contributed by atoms with Gasteiger partial charge in [0.15, 0.2) is 0 Å². The van der Waals surface area contributed by atoms with Crippen LogP contribution in [0.25, 0.3) is 0 Å². The molecule has 0 unspecified atom stereocenters. The molecule has 0 atom stereocenters. The lowest BCUT2D eigenvalue weighted by molar-refractivity contribution is -0.145. The summed E-state index contributed by atoms with van der Waals surface area (Å²) in [5.41, 5.74) is -0.0485. The first-order valence-corrected chi connectivity index (χ1v) is 6.92. The van der Waals surface area contributed by atoms with Crippen molar-refractivity contribution in [3.63, 3.8) is 0 Å². The van der Waals surface area contributed by atoms with Crippen molar-refractivity contribution in [3.05, 3.63) is 35.9 Å². The van der Waals surface area contributed by atoms with Crippen LogP contribution in [0.3, 0.4) is 0 Å². The van der Waals surface area contributed by atoms with E-state index in [1.807, 2.05) is 37.3 Å². The lowest BCUT2D eigenvalue weighted by Crippen LogP contribution is -2.51. The maximum absolute atomic E-state index is 11.8. The van der Waals surface area contributed by atoms with Gasteiger partial charge in [-0.15, -0.1) is 0 Å². The molecule has 20 heavy (non-hydrogen) atoms. The molecule has 1 aromatic rings. The van der Waals surface area contributed by atoms with Crippen molar-refractivity contribution in [2.45, 2.75) is 25.2 Å². The molecule has 1 fully saturated rings. The fourth-order valence-electron chi connectivity index (χ4n) is 2.74. The molecule has 0 aliphatic carbocycles. The van der Waals surface area contributed by atoms with E-state index in [4.69, 9.17) is 0 Å². The smallest absolute Gasteiger partial charge is 0.317 e. The van der Waals surface area contributed by atoms with Crippen molar-refractivity contribution >= 4 is 12.0 Å². The summed E-state index contributed by atoms with van der Waals surface area (Å²) < 4.78 is 0. The van der Waals surface area contributed by atoms with Crippen LogP contribution < -0.4 is 5.32 Å². The third kappa shape index (κ3) is 2.61.